The number of urea groups is 1. The Labute approximate surface area is 160 Å². The summed E-state index contributed by atoms with van der Waals surface area (Å²) >= 11 is 0. The SMILES string of the molecule is CC(C)CN(Cc1ccncc1)C1CN(C(=O)NCc2ccc(F)cc2)C1. The van der Waals surface area contributed by atoms with Gasteiger partial charge in [0.25, 0.3) is 0 Å². The van der Waals surface area contributed by atoms with E-state index >= 15 is 0 Å². The Hall–Kier alpha value is -2.47. The molecule has 2 amide bonds. The topological polar surface area (TPSA) is 48.5 Å². The molecule has 1 N–H and O–H groups in total. The lowest BCUT2D eigenvalue weighted by Crippen LogP contribution is -2.63. The van der Waals surface area contributed by atoms with Gasteiger partial charge in [-0.2, -0.15) is 0 Å². The second-order valence-electron chi connectivity index (χ2n) is 7.52. The Morgan fingerprint density at radius 2 is 1.85 bits per heavy atom. The monoisotopic (exact) mass is 370 g/mol. The molecular weight excluding hydrogens is 343 g/mol. The summed E-state index contributed by atoms with van der Waals surface area (Å²) in [6, 6.07) is 10.6. The van der Waals surface area contributed by atoms with Crippen molar-refractivity contribution in [1.82, 2.24) is 20.1 Å². The van der Waals surface area contributed by atoms with Crippen LogP contribution in [0, 0.1) is 11.7 Å². The van der Waals surface area contributed by atoms with Crippen LogP contribution in [0.3, 0.4) is 0 Å². The molecule has 3 rings (SSSR count). The summed E-state index contributed by atoms with van der Waals surface area (Å²) < 4.78 is 12.9. The van der Waals surface area contributed by atoms with Gasteiger partial charge < -0.3 is 10.2 Å². The highest BCUT2D eigenvalue weighted by Gasteiger charge is 2.34. The van der Waals surface area contributed by atoms with Gasteiger partial charge in [-0.05, 0) is 41.3 Å². The predicted octanol–water partition coefficient (Wildman–Crippen LogP) is 3.27. The van der Waals surface area contributed by atoms with Gasteiger partial charge in [-0.3, -0.25) is 9.88 Å². The van der Waals surface area contributed by atoms with E-state index in [2.05, 4.69) is 29.0 Å². The van der Waals surface area contributed by atoms with E-state index in [4.69, 9.17) is 0 Å². The van der Waals surface area contributed by atoms with Gasteiger partial charge in [-0.1, -0.05) is 26.0 Å². The highest BCUT2D eigenvalue weighted by atomic mass is 19.1. The highest BCUT2D eigenvalue weighted by Crippen LogP contribution is 2.19. The summed E-state index contributed by atoms with van der Waals surface area (Å²) in [5.74, 6) is 0.295. The molecule has 0 aliphatic carbocycles. The third kappa shape index (κ3) is 5.50. The van der Waals surface area contributed by atoms with Crippen LogP contribution >= 0.6 is 0 Å². The van der Waals surface area contributed by atoms with Crippen molar-refractivity contribution in [3.8, 4) is 0 Å². The first kappa shape index (κ1) is 19.3. The lowest BCUT2D eigenvalue weighted by molar-refractivity contribution is 0.0443. The maximum atomic E-state index is 12.9. The van der Waals surface area contributed by atoms with Gasteiger partial charge >= 0.3 is 6.03 Å². The van der Waals surface area contributed by atoms with Crippen LogP contribution in [0.1, 0.15) is 25.0 Å². The molecule has 0 bridgehead atoms. The zero-order valence-electron chi connectivity index (χ0n) is 15.9. The van der Waals surface area contributed by atoms with E-state index in [1.807, 2.05) is 29.4 Å². The molecule has 0 radical (unpaired) electrons. The van der Waals surface area contributed by atoms with Gasteiger partial charge in [0.15, 0.2) is 0 Å². The Kier molecular flexibility index (Phi) is 6.40. The van der Waals surface area contributed by atoms with E-state index in [-0.39, 0.29) is 11.8 Å². The third-order valence-electron chi connectivity index (χ3n) is 4.76. The number of carbonyl (C=O) groups excluding carboxylic acids is 1. The average molecular weight is 370 g/mol. The van der Waals surface area contributed by atoms with Crippen LogP contribution in [0.4, 0.5) is 9.18 Å². The smallest absolute Gasteiger partial charge is 0.317 e. The molecule has 1 aliphatic heterocycles. The molecule has 1 aromatic carbocycles. The minimum Gasteiger partial charge on any atom is -0.334 e. The molecule has 1 saturated heterocycles. The number of hydrogen-bond donors (Lipinski definition) is 1. The van der Waals surface area contributed by atoms with Gasteiger partial charge in [0.1, 0.15) is 5.82 Å². The van der Waals surface area contributed by atoms with E-state index in [9.17, 15) is 9.18 Å². The van der Waals surface area contributed by atoms with Crippen molar-refractivity contribution in [2.45, 2.75) is 33.0 Å². The quantitative estimate of drug-likeness (QED) is 0.814. The molecule has 0 atom stereocenters. The van der Waals surface area contributed by atoms with Gasteiger partial charge in [0, 0.05) is 51.2 Å². The zero-order chi connectivity index (χ0) is 19.2. The molecule has 1 aliphatic rings. The van der Waals surface area contributed by atoms with E-state index in [1.165, 1.54) is 17.7 Å². The van der Waals surface area contributed by atoms with Crippen LogP contribution in [0.2, 0.25) is 0 Å². The van der Waals surface area contributed by atoms with Crippen molar-refractivity contribution < 1.29 is 9.18 Å². The summed E-state index contributed by atoms with van der Waals surface area (Å²) in [5, 5.41) is 2.91. The maximum Gasteiger partial charge on any atom is 0.317 e. The number of nitrogens with one attached hydrogen (secondary N) is 1. The molecule has 6 heteroatoms. The van der Waals surface area contributed by atoms with Crippen molar-refractivity contribution >= 4 is 6.03 Å². The normalized spacial score (nSPS) is 14.5. The molecule has 144 valence electrons. The Balaban J connectivity index is 1.49. The lowest BCUT2D eigenvalue weighted by atomic mass is 10.0. The molecule has 2 aromatic rings. The van der Waals surface area contributed by atoms with Crippen LogP contribution in [0.15, 0.2) is 48.8 Å². The standard InChI is InChI=1S/C21H27FN4O/c1-16(2)12-25(13-18-7-9-23-10-8-18)20-14-26(15-20)21(27)24-11-17-3-5-19(22)6-4-17/h3-10,16,20H,11-15H2,1-2H3,(H,24,27). The fourth-order valence-electron chi connectivity index (χ4n) is 3.28. The maximum absolute atomic E-state index is 12.9. The second-order valence-corrected chi connectivity index (χ2v) is 7.52. The predicted molar refractivity (Wildman–Crippen MR) is 103 cm³/mol. The van der Waals surface area contributed by atoms with Crippen molar-refractivity contribution in [3.63, 3.8) is 0 Å². The van der Waals surface area contributed by atoms with Crippen LogP contribution in [-0.4, -0.2) is 46.5 Å². The molecule has 27 heavy (non-hydrogen) atoms. The molecule has 1 aromatic heterocycles. The molecule has 0 saturated carbocycles. The van der Waals surface area contributed by atoms with Gasteiger partial charge in [0.05, 0.1) is 0 Å². The van der Waals surface area contributed by atoms with Crippen molar-refractivity contribution in [2.75, 3.05) is 19.6 Å². The first-order valence-electron chi connectivity index (χ1n) is 9.41. The van der Waals surface area contributed by atoms with Crippen LogP contribution < -0.4 is 5.32 Å². The minimum atomic E-state index is -0.268. The second kappa shape index (κ2) is 8.95. The molecule has 5 nitrogen and oxygen atoms in total. The minimum absolute atomic E-state index is 0.0658. The number of amides is 2. The van der Waals surface area contributed by atoms with Crippen molar-refractivity contribution in [2.24, 2.45) is 5.92 Å². The average Bonchev–Trinajstić information content (AvgIpc) is 2.60. The van der Waals surface area contributed by atoms with Gasteiger partial charge in [-0.25, -0.2) is 9.18 Å². The van der Waals surface area contributed by atoms with Crippen molar-refractivity contribution in [1.29, 1.82) is 0 Å². The molecule has 0 unspecified atom stereocenters. The van der Waals surface area contributed by atoms with E-state index in [0.717, 1.165) is 31.7 Å². The number of hydrogen-bond acceptors (Lipinski definition) is 3. The fourth-order valence-corrected chi connectivity index (χ4v) is 3.28. The molecule has 0 spiro atoms. The van der Waals surface area contributed by atoms with E-state index < -0.39 is 0 Å². The summed E-state index contributed by atoms with van der Waals surface area (Å²) in [4.78, 5) is 20.7. The summed E-state index contributed by atoms with van der Waals surface area (Å²) in [6.07, 6.45) is 3.64. The number of likely N-dealkylation sites (tertiary alicyclic amines) is 1. The highest BCUT2D eigenvalue weighted by molar-refractivity contribution is 5.75. The summed E-state index contributed by atoms with van der Waals surface area (Å²) in [5.41, 5.74) is 2.13. The van der Waals surface area contributed by atoms with Gasteiger partial charge in [-0.15, -0.1) is 0 Å². The molecule has 1 fully saturated rings. The van der Waals surface area contributed by atoms with Gasteiger partial charge in [0.2, 0.25) is 0 Å². The van der Waals surface area contributed by atoms with E-state index in [1.54, 1.807) is 12.1 Å². The Bertz CT molecular complexity index is 730. The number of halogens is 1. The fraction of sp³-hybridized carbons (Fsp3) is 0.429. The molecular formula is C21H27FN4O. The number of rotatable bonds is 7. The Morgan fingerprint density at radius 3 is 2.48 bits per heavy atom. The van der Waals surface area contributed by atoms with E-state index in [0.29, 0.717) is 18.5 Å². The third-order valence-corrected chi connectivity index (χ3v) is 4.76. The lowest BCUT2D eigenvalue weighted by Gasteiger charge is -2.46. The number of nitrogens with zero attached hydrogens (tertiary/aromatic N) is 3. The number of pyridine rings is 1. The summed E-state index contributed by atoms with van der Waals surface area (Å²) in [7, 11) is 0. The first-order chi connectivity index (χ1) is 13.0. The van der Waals surface area contributed by atoms with Crippen LogP contribution in [-0.2, 0) is 13.1 Å². The number of carbonyl (C=O) groups is 1. The largest absolute Gasteiger partial charge is 0.334 e. The number of benzene rings is 1. The zero-order valence-corrected chi connectivity index (χ0v) is 15.9. The first-order valence-corrected chi connectivity index (χ1v) is 9.41. The molecule has 2 heterocycles. The van der Waals surface area contributed by atoms with Crippen LogP contribution in [0.25, 0.3) is 0 Å². The summed E-state index contributed by atoms with van der Waals surface area (Å²) in [6.45, 7) is 8.16. The van der Waals surface area contributed by atoms with Crippen molar-refractivity contribution in [3.05, 3.63) is 65.7 Å². The number of aromatic nitrogens is 1. The van der Waals surface area contributed by atoms with Crippen LogP contribution in [0.5, 0.6) is 0 Å². The Morgan fingerprint density at radius 1 is 1.19 bits per heavy atom.